The van der Waals surface area contributed by atoms with Crippen molar-refractivity contribution in [3.05, 3.63) is 96.1 Å². The Bertz CT molecular complexity index is 1010. The molecule has 0 saturated carbocycles. The molecule has 2 heteroatoms. The Balaban J connectivity index is 1.88. The lowest BCUT2D eigenvalue weighted by Gasteiger charge is -2.07. The highest BCUT2D eigenvalue weighted by molar-refractivity contribution is 6.10. The van der Waals surface area contributed by atoms with Gasteiger partial charge in [0.25, 0.3) is 0 Å². The summed E-state index contributed by atoms with van der Waals surface area (Å²) >= 11 is 0. The lowest BCUT2D eigenvalue weighted by atomic mass is 10.0. The van der Waals surface area contributed by atoms with Crippen molar-refractivity contribution in [2.24, 2.45) is 0 Å². The molecule has 4 rings (SSSR count). The summed E-state index contributed by atoms with van der Waals surface area (Å²) < 4.78 is 0. The monoisotopic (exact) mass is 309 g/mol. The predicted molar refractivity (Wildman–Crippen MR) is 99.1 cm³/mol. The van der Waals surface area contributed by atoms with E-state index in [9.17, 15) is 4.79 Å². The molecule has 0 N–H and O–H groups in total. The van der Waals surface area contributed by atoms with E-state index in [2.05, 4.69) is 0 Å². The maximum absolute atomic E-state index is 12.4. The molecule has 1 heterocycles. The molecule has 0 aliphatic carbocycles. The number of fused-ring (bicyclic) bond motifs is 2. The van der Waals surface area contributed by atoms with Gasteiger partial charge < -0.3 is 0 Å². The molecule has 0 fully saturated rings. The van der Waals surface area contributed by atoms with Crippen molar-refractivity contribution in [3.8, 4) is 0 Å². The molecular weight excluding hydrogens is 294 g/mol. The highest BCUT2D eigenvalue weighted by Crippen LogP contribution is 2.27. The highest BCUT2D eigenvalue weighted by atomic mass is 16.1. The van der Waals surface area contributed by atoms with Crippen molar-refractivity contribution in [1.29, 1.82) is 0 Å². The summed E-state index contributed by atoms with van der Waals surface area (Å²) in [6.45, 7) is 0. The van der Waals surface area contributed by atoms with Crippen LogP contribution in [0, 0.1) is 0 Å². The van der Waals surface area contributed by atoms with Gasteiger partial charge in [0.1, 0.15) is 0 Å². The molecule has 3 aromatic carbocycles. The summed E-state index contributed by atoms with van der Waals surface area (Å²) in [7, 11) is 0. The summed E-state index contributed by atoms with van der Waals surface area (Å²) in [6.07, 6.45) is 3.55. The maximum atomic E-state index is 12.4. The largest absolute Gasteiger partial charge is 0.289 e. The van der Waals surface area contributed by atoms with Gasteiger partial charge >= 0.3 is 0 Å². The third-order valence-electron chi connectivity index (χ3n) is 4.09. The van der Waals surface area contributed by atoms with Crippen molar-refractivity contribution in [2.45, 2.75) is 0 Å². The summed E-state index contributed by atoms with van der Waals surface area (Å²) in [5, 5.41) is 2.10. The SMILES string of the molecule is O=C(/C=C/c1c2ccccc2nc2ccccc12)c1ccccc1. The van der Waals surface area contributed by atoms with E-state index in [0.29, 0.717) is 5.56 Å². The van der Waals surface area contributed by atoms with Crippen LogP contribution in [0.4, 0.5) is 0 Å². The van der Waals surface area contributed by atoms with E-state index < -0.39 is 0 Å². The van der Waals surface area contributed by atoms with E-state index in [4.69, 9.17) is 4.98 Å². The van der Waals surface area contributed by atoms with Gasteiger partial charge in [0.15, 0.2) is 5.78 Å². The number of pyridine rings is 1. The minimum atomic E-state index is 0.000532. The van der Waals surface area contributed by atoms with Crippen LogP contribution in [0.3, 0.4) is 0 Å². The van der Waals surface area contributed by atoms with E-state index in [-0.39, 0.29) is 5.78 Å². The van der Waals surface area contributed by atoms with Crippen LogP contribution in [0.15, 0.2) is 84.9 Å². The minimum Gasteiger partial charge on any atom is -0.289 e. The number of allylic oxidation sites excluding steroid dienone is 1. The van der Waals surface area contributed by atoms with Crippen LogP contribution < -0.4 is 0 Å². The van der Waals surface area contributed by atoms with Crippen molar-refractivity contribution < 1.29 is 4.79 Å². The fraction of sp³-hybridized carbons (Fsp3) is 0. The second-order valence-electron chi connectivity index (χ2n) is 5.62. The number of aromatic nitrogens is 1. The van der Waals surface area contributed by atoms with Gasteiger partial charge in [-0.05, 0) is 29.8 Å². The number of rotatable bonds is 3. The molecule has 4 aromatic rings. The molecule has 0 spiro atoms. The second-order valence-corrected chi connectivity index (χ2v) is 5.62. The molecule has 0 saturated heterocycles. The fourth-order valence-corrected chi connectivity index (χ4v) is 2.91. The molecule has 0 aliphatic heterocycles. The molecule has 2 nitrogen and oxygen atoms in total. The molecule has 0 atom stereocenters. The first kappa shape index (κ1) is 14.3. The first-order valence-electron chi connectivity index (χ1n) is 7.88. The van der Waals surface area contributed by atoms with Crippen LogP contribution in [-0.4, -0.2) is 10.8 Å². The zero-order valence-corrected chi connectivity index (χ0v) is 13.0. The molecular formula is C22H15NO. The van der Waals surface area contributed by atoms with Crippen molar-refractivity contribution in [3.63, 3.8) is 0 Å². The van der Waals surface area contributed by atoms with E-state index in [1.165, 1.54) is 0 Å². The zero-order chi connectivity index (χ0) is 16.4. The zero-order valence-electron chi connectivity index (χ0n) is 13.0. The lowest BCUT2D eigenvalue weighted by Crippen LogP contribution is -1.93. The topological polar surface area (TPSA) is 30.0 Å². The van der Waals surface area contributed by atoms with Crippen LogP contribution in [-0.2, 0) is 0 Å². The van der Waals surface area contributed by atoms with Gasteiger partial charge in [0, 0.05) is 16.3 Å². The molecule has 0 radical (unpaired) electrons. The van der Waals surface area contributed by atoms with E-state index in [0.717, 1.165) is 27.4 Å². The number of benzene rings is 3. The Kier molecular flexibility index (Phi) is 3.64. The first-order chi connectivity index (χ1) is 11.8. The third-order valence-corrected chi connectivity index (χ3v) is 4.09. The molecule has 24 heavy (non-hydrogen) atoms. The van der Waals surface area contributed by atoms with Gasteiger partial charge in [-0.2, -0.15) is 0 Å². The van der Waals surface area contributed by atoms with Crippen molar-refractivity contribution in [1.82, 2.24) is 4.98 Å². The summed E-state index contributed by atoms with van der Waals surface area (Å²) in [5.41, 5.74) is 3.59. The predicted octanol–water partition coefficient (Wildman–Crippen LogP) is 5.28. The number of para-hydroxylation sites is 2. The molecule has 0 amide bonds. The summed E-state index contributed by atoms with van der Waals surface area (Å²) in [6, 6.07) is 25.3. The van der Waals surface area contributed by atoms with Gasteiger partial charge in [-0.3, -0.25) is 4.79 Å². The summed E-state index contributed by atoms with van der Waals surface area (Å²) in [5.74, 6) is 0.000532. The Hall–Kier alpha value is -3.26. The number of hydrogen-bond donors (Lipinski definition) is 0. The van der Waals surface area contributed by atoms with Crippen LogP contribution in [0.2, 0.25) is 0 Å². The van der Waals surface area contributed by atoms with E-state index in [1.807, 2.05) is 84.9 Å². The molecule has 0 bridgehead atoms. The van der Waals surface area contributed by atoms with Gasteiger partial charge in [-0.15, -0.1) is 0 Å². The maximum Gasteiger partial charge on any atom is 0.185 e. The van der Waals surface area contributed by atoms with Gasteiger partial charge in [0.2, 0.25) is 0 Å². The quantitative estimate of drug-likeness (QED) is 0.292. The van der Waals surface area contributed by atoms with E-state index in [1.54, 1.807) is 6.08 Å². The molecule has 0 unspecified atom stereocenters. The lowest BCUT2D eigenvalue weighted by molar-refractivity contribution is 0.104. The number of carbonyl (C=O) groups excluding carboxylic acids is 1. The molecule has 1 aromatic heterocycles. The second kappa shape index (κ2) is 6.09. The average molecular weight is 309 g/mol. The number of nitrogens with zero attached hydrogens (tertiary/aromatic N) is 1. The van der Waals surface area contributed by atoms with Crippen LogP contribution in [0.1, 0.15) is 15.9 Å². The molecule has 0 aliphatic rings. The summed E-state index contributed by atoms with van der Waals surface area (Å²) in [4.78, 5) is 17.1. The van der Waals surface area contributed by atoms with Crippen molar-refractivity contribution >= 4 is 33.7 Å². The Labute approximate surface area is 140 Å². The number of ketones is 1. The third kappa shape index (κ3) is 2.59. The number of hydrogen-bond acceptors (Lipinski definition) is 2. The van der Waals surface area contributed by atoms with Crippen LogP contribution in [0.5, 0.6) is 0 Å². The number of carbonyl (C=O) groups is 1. The van der Waals surface area contributed by atoms with Gasteiger partial charge in [0.05, 0.1) is 11.0 Å². The van der Waals surface area contributed by atoms with Crippen molar-refractivity contribution in [2.75, 3.05) is 0 Å². The Morgan fingerprint density at radius 3 is 1.88 bits per heavy atom. The average Bonchev–Trinajstić information content (AvgIpc) is 2.65. The highest BCUT2D eigenvalue weighted by Gasteiger charge is 2.07. The smallest absolute Gasteiger partial charge is 0.185 e. The fourth-order valence-electron chi connectivity index (χ4n) is 2.91. The van der Waals surface area contributed by atoms with Gasteiger partial charge in [-0.1, -0.05) is 66.7 Å². The van der Waals surface area contributed by atoms with Crippen LogP contribution >= 0.6 is 0 Å². The Morgan fingerprint density at radius 1 is 0.708 bits per heavy atom. The molecule has 114 valence electrons. The Morgan fingerprint density at radius 2 is 1.25 bits per heavy atom. The van der Waals surface area contributed by atoms with Crippen LogP contribution in [0.25, 0.3) is 27.9 Å². The van der Waals surface area contributed by atoms with E-state index >= 15 is 0 Å². The normalized spacial score (nSPS) is 11.3. The first-order valence-corrected chi connectivity index (χ1v) is 7.88. The minimum absolute atomic E-state index is 0.000532. The van der Waals surface area contributed by atoms with Gasteiger partial charge in [-0.25, -0.2) is 4.98 Å². The standard InChI is InChI=1S/C22H15NO/c24-22(16-8-2-1-3-9-16)15-14-17-18-10-4-6-12-20(18)23-21-13-7-5-11-19(17)21/h1-15H/b15-14+.